The molecule has 0 bridgehead atoms. The highest BCUT2D eigenvalue weighted by Crippen LogP contribution is 2.36. The highest BCUT2D eigenvalue weighted by atomic mass is 35.5. The fourth-order valence-corrected chi connectivity index (χ4v) is 7.82. The Balaban J connectivity index is 1.24. The molecule has 0 spiro atoms. The molecule has 0 saturated heterocycles. The van der Waals surface area contributed by atoms with Gasteiger partial charge in [-0.05, 0) is 72.3 Å². The Bertz CT molecular complexity index is 2520. The number of anilines is 1. The van der Waals surface area contributed by atoms with Gasteiger partial charge in [0.1, 0.15) is 0 Å². The number of aromatic amines is 1. The van der Waals surface area contributed by atoms with Gasteiger partial charge in [-0.1, -0.05) is 89.1 Å². The first kappa shape index (κ1) is 33.2. The summed E-state index contributed by atoms with van der Waals surface area (Å²) in [4.78, 5) is 49.3. The molecule has 0 fully saturated rings. The number of carbonyl (C=O) groups excluding carboxylic acids is 1. The minimum atomic E-state index is -0.750. The summed E-state index contributed by atoms with van der Waals surface area (Å²) in [6.07, 6.45) is 1.59. The summed E-state index contributed by atoms with van der Waals surface area (Å²) < 4.78 is 1.81. The number of amides is 1. The predicted octanol–water partition coefficient (Wildman–Crippen LogP) is 7.03. The van der Waals surface area contributed by atoms with Gasteiger partial charge in [-0.15, -0.1) is 5.10 Å². The maximum atomic E-state index is 14.1. The number of carbonyl (C=O) groups is 1. The summed E-state index contributed by atoms with van der Waals surface area (Å²) in [6.45, 7) is 1.74. The Morgan fingerprint density at radius 1 is 1.04 bits per heavy atom. The van der Waals surface area contributed by atoms with E-state index in [1.54, 1.807) is 55.5 Å². The van der Waals surface area contributed by atoms with Gasteiger partial charge in [-0.25, -0.2) is 9.98 Å². The van der Waals surface area contributed by atoms with Crippen molar-refractivity contribution >= 4 is 69.7 Å². The number of H-pyrrole nitrogens is 1. The van der Waals surface area contributed by atoms with Crippen LogP contribution in [0.3, 0.4) is 0 Å². The van der Waals surface area contributed by atoms with Crippen LogP contribution in [-0.2, 0) is 4.79 Å². The molecule has 1 atom stereocenters. The molecular formula is C35H23Cl2N7O4S2. The maximum absolute atomic E-state index is 14.1. The number of allylic oxidation sites excluding steroid dienone is 1. The second-order valence-corrected chi connectivity index (χ2v) is 13.9. The third kappa shape index (κ3) is 6.63. The lowest BCUT2D eigenvalue weighted by molar-refractivity contribution is -0.387. The summed E-state index contributed by atoms with van der Waals surface area (Å²) in [6, 6.07) is 27.2. The zero-order chi connectivity index (χ0) is 34.9. The van der Waals surface area contributed by atoms with Gasteiger partial charge in [0, 0.05) is 22.3 Å². The molecule has 11 nitrogen and oxygen atoms in total. The van der Waals surface area contributed by atoms with Crippen molar-refractivity contribution in [3.63, 3.8) is 0 Å². The van der Waals surface area contributed by atoms with Crippen LogP contribution in [0, 0.1) is 10.1 Å². The van der Waals surface area contributed by atoms with Gasteiger partial charge < -0.3 is 5.32 Å². The first-order chi connectivity index (χ1) is 24.2. The molecule has 2 aromatic heterocycles. The molecule has 1 amide bonds. The third-order valence-corrected chi connectivity index (χ3v) is 10.2. The molecule has 1 aliphatic heterocycles. The number of rotatable bonds is 8. The molecule has 0 saturated carbocycles. The third-order valence-electron chi connectivity index (χ3n) is 7.74. The van der Waals surface area contributed by atoms with E-state index in [-0.39, 0.29) is 22.3 Å². The molecule has 50 heavy (non-hydrogen) atoms. The van der Waals surface area contributed by atoms with Crippen LogP contribution in [0.15, 0.2) is 128 Å². The molecule has 248 valence electrons. The Kier molecular flexibility index (Phi) is 9.21. The lowest BCUT2D eigenvalue weighted by Crippen LogP contribution is -2.40. The number of nitrogens with zero attached hydrogens (tertiary/aromatic N) is 5. The summed E-state index contributed by atoms with van der Waals surface area (Å²) >= 11 is 14.5. The number of benzene rings is 4. The van der Waals surface area contributed by atoms with Crippen molar-refractivity contribution in [2.24, 2.45) is 4.99 Å². The van der Waals surface area contributed by atoms with Crippen molar-refractivity contribution in [3.8, 4) is 11.4 Å². The first-order valence-electron chi connectivity index (χ1n) is 14.9. The van der Waals surface area contributed by atoms with Crippen LogP contribution < -0.4 is 20.2 Å². The van der Waals surface area contributed by atoms with Gasteiger partial charge in [-0.3, -0.25) is 29.4 Å². The fourth-order valence-electron chi connectivity index (χ4n) is 5.48. The van der Waals surface area contributed by atoms with E-state index in [0.717, 1.165) is 28.7 Å². The van der Waals surface area contributed by atoms with Crippen LogP contribution in [-0.4, -0.2) is 30.6 Å². The molecular weight excluding hydrogens is 717 g/mol. The Hall–Kier alpha value is -5.34. The van der Waals surface area contributed by atoms with Gasteiger partial charge in [-0.2, -0.15) is 0 Å². The van der Waals surface area contributed by atoms with E-state index in [9.17, 15) is 19.7 Å². The van der Waals surface area contributed by atoms with E-state index < -0.39 is 11.0 Å². The normalized spacial score (nSPS) is 14.3. The molecule has 0 aliphatic carbocycles. The lowest BCUT2D eigenvalue weighted by Gasteiger charge is -2.25. The zero-order valence-electron chi connectivity index (χ0n) is 25.8. The lowest BCUT2D eigenvalue weighted by atomic mass is 9.95. The number of para-hydroxylation sites is 1. The Labute approximate surface area is 301 Å². The molecule has 7 rings (SSSR count). The van der Waals surface area contributed by atoms with E-state index in [0.29, 0.717) is 58.2 Å². The molecule has 3 heterocycles. The number of hydrogen-bond donors (Lipinski definition) is 2. The van der Waals surface area contributed by atoms with E-state index in [1.807, 2.05) is 48.5 Å². The summed E-state index contributed by atoms with van der Waals surface area (Å²) in [5.41, 5.74) is 2.60. The van der Waals surface area contributed by atoms with Gasteiger partial charge in [0.25, 0.3) is 17.2 Å². The van der Waals surface area contributed by atoms with Crippen LogP contribution >= 0.6 is 46.3 Å². The van der Waals surface area contributed by atoms with Crippen molar-refractivity contribution in [2.75, 3.05) is 5.32 Å². The van der Waals surface area contributed by atoms with Crippen LogP contribution in [0.25, 0.3) is 17.5 Å². The van der Waals surface area contributed by atoms with Crippen molar-refractivity contribution in [1.29, 1.82) is 0 Å². The van der Waals surface area contributed by atoms with Crippen molar-refractivity contribution in [1.82, 2.24) is 19.7 Å². The van der Waals surface area contributed by atoms with Crippen molar-refractivity contribution < 1.29 is 9.72 Å². The second-order valence-electron chi connectivity index (χ2n) is 11.0. The SMILES string of the molecule is CC1=C(C(=O)Nc2ccccc2)[C@@H](c2ccccc2)n2c(s/c(=C/c3ccc(Sc4n[nH]c(-c5ccc(Cl)cc5Cl)n4)c([N+](=O)[O-])c3)c2=O)=N1. The van der Waals surface area contributed by atoms with Crippen LogP contribution in [0.5, 0.6) is 0 Å². The van der Waals surface area contributed by atoms with E-state index in [1.165, 1.54) is 10.6 Å². The quantitative estimate of drug-likeness (QED) is 0.126. The molecule has 0 unspecified atom stereocenters. The topological polar surface area (TPSA) is 148 Å². The zero-order valence-corrected chi connectivity index (χ0v) is 29.0. The number of aromatic nitrogens is 4. The molecule has 6 aromatic rings. The van der Waals surface area contributed by atoms with Gasteiger partial charge in [0.05, 0.1) is 36.7 Å². The molecule has 15 heteroatoms. The molecule has 2 N–H and O–H groups in total. The number of nitro groups is 1. The van der Waals surface area contributed by atoms with Crippen molar-refractivity contribution in [2.45, 2.75) is 23.0 Å². The summed E-state index contributed by atoms with van der Waals surface area (Å²) in [5, 5.41) is 23.2. The number of halogens is 2. The van der Waals surface area contributed by atoms with Crippen LogP contribution in [0.4, 0.5) is 11.4 Å². The molecule has 1 aliphatic rings. The van der Waals surface area contributed by atoms with E-state index in [2.05, 4.69) is 25.5 Å². The minimum absolute atomic E-state index is 0.190. The van der Waals surface area contributed by atoms with Crippen LogP contribution in [0.2, 0.25) is 10.0 Å². The first-order valence-corrected chi connectivity index (χ1v) is 17.3. The summed E-state index contributed by atoms with van der Waals surface area (Å²) in [5.74, 6) is 0.00708. The average Bonchev–Trinajstić information content (AvgIpc) is 3.68. The largest absolute Gasteiger partial charge is 0.322 e. The number of nitrogens with one attached hydrogen (secondary N) is 2. The number of thiazole rings is 1. The van der Waals surface area contributed by atoms with Crippen molar-refractivity contribution in [3.05, 3.63) is 159 Å². The highest BCUT2D eigenvalue weighted by molar-refractivity contribution is 7.99. The Morgan fingerprint density at radius 2 is 1.78 bits per heavy atom. The monoisotopic (exact) mass is 739 g/mol. The highest BCUT2D eigenvalue weighted by Gasteiger charge is 2.32. The molecule has 4 aromatic carbocycles. The van der Waals surface area contributed by atoms with E-state index >= 15 is 0 Å². The fraction of sp³-hybridized carbons (Fsp3) is 0.0571. The van der Waals surface area contributed by atoms with Crippen LogP contribution in [0.1, 0.15) is 24.1 Å². The smallest absolute Gasteiger partial charge is 0.283 e. The minimum Gasteiger partial charge on any atom is -0.322 e. The summed E-state index contributed by atoms with van der Waals surface area (Å²) in [7, 11) is 0. The second kappa shape index (κ2) is 13.9. The molecule has 0 radical (unpaired) electrons. The van der Waals surface area contributed by atoms with E-state index in [4.69, 9.17) is 23.2 Å². The van der Waals surface area contributed by atoms with Gasteiger partial charge in [0.15, 0.2) is 10.6 Å². The van der Waals surface area contributed by atoms with Gasteiger partial charge >= 0.3 is 0 Å². The predicted molar refractivity (Wildman–Crippen MR) is 194 cm³/mol. The Morgan fingerprint density at radius 3 is 2.50 bits per heavy atom. The number of fused-ring (bicyclic) bond motifs is 1. The maximum Gasteiger partial charge on any atom is 0.283 e. The average molecular weight is 741 g/mol. The standard InChI is InChI=1S/C35H23Cl2N7O4S2/c1-19-29(32(45)39-23-10-6-3-7-11-23)30(21-8-4-2-5-9-21)43-33(46)28(50-35(43)38-19)17-20-12-15-27(26(16-20)44(47)48)49-34-40-31(41-42-34)24-14-13-22(36)18-25(24)37/h2-18,30H,1H3,(H,39,45)(H,40,41,42)/b28-17+/t30-/m1/s1. The number of hydrogen-bond acceptors (Lipinski definition) is 9. The number of nitro benzene ring substituents is 1. The van der Waals surface area contributed by atoms with Gasteiger partial charge in [0.2, 0.25) is 5.16 Å².